The number of nitrogens with zero attached hydrogens (tertiary/aromatic N) is 1. The maximum absolute atomic E-state index is 14.0. The molecule has 2 aliphatic heterocycles. The van der Waals surface area contributed by atoms with E-state index in [0.29, 0.717) is 48.5 Å². The summed E-state index contributed by atoms with van der Waals surface area (Å²) >= 11 is 0. The summed E-state index contributed by atoms with van der Waals surface area (Å²) in [6, 6.07) is 8.21. The van der Waals surface area contributed by atoms with Gasteiger partial charge < -0.3 is 14.6 Å². The fraction of sp³-hybridized carbons (Fsp3) is 0.536. The van der Waals surface area contributed by atoms with Gasteiger partial charge in [0.05, 0.1) is 18.6 Å². The molecule has 6 rings (SSSR count). The zero-order chi connectivity index (χ0) is 25.1. The molecule has 2 aromatic rings. The third-order valence-electron chi connectivity index (χ3n) is 8.60. The van der Waals surface area contributed by atoms with Crippen LogP contribution < -0.4 is 9.47 Å². The highest BCUT2D eigenvalue weighted by atomic mass is 19.4. The van der Waals surface area contributed by atoms with Crippen molar-refractivity contribution in [2.24, 2.45) is 5.41 Å². The largest absolute Gasteiger partial charge is 0.492 e. The number of carboxylic acid groups (broad SMARTS) is 1. The van der Waals surface area contributed by atoms with Crippen LogP contribution in [0.4, 0.5) is 13.2 Å². The van der Waals surface area contributed by atoms with Gasteiger partial charge in [0.2, 0.25) is 0 Å². The Morgan fingerprint density at radius 3 is 2.56 bits per heavy atom. The van der Waals surface area contributed by atoms with Crippen LogP contribution in [0.15, 0.2) is 30.3 Å². The van der Waals surface area contributed by atoms with Gasteiger partial charge in [-0.2, -0.15) is 13.2 Å². The molecule has 0 unspecified atom stereocenters. The van der Waals surface area contributed by atoms with Gasteiger partial charge in [0.15, 0.2) is 0 Å². The zero-order valence-electron chi connectivity index (χ0n) is 20.1. The fourth-order valence-electron chi connectivity index (χ4n) is 6.27. The van der Waals surface area contributed by atoms with Gasteiger partial charge in [0.1, 0.15) is 17.6 Å². The van der Waals surface area contributed by atoms with Crippen molar-refractivity contribution >= 4 is 5.97 Å². The molecular formula is C28H30F3NO4. The molecule has 2 aliphatic carbocycles. The summed E-state index contributed by atoms with van der Waals surface area (Å²) < 4.78 is 53.9. The van der Waals surface area contributed by atoms with Crippen LogP contribution in [0.5, 0.6) is 11.5 Å². The van der Waals surface area contributed by atoms with E-state index >= 15 is 0 Å². The van der Waals surface area contributed by atoms with Crippen LogP contribution in [0, 0.1) is 5.41 Å². The van der Waals surface area contributed by atoms with Crippen LogP contribution in [-0.4, -0.2) is 35.7 Å². The summed E-state index contributed by atoms with van der Waals surface area (Å²) in [7, 11) is 0. The van der Waals surface area contributed by atoms with Crippen LogP contribution in [0.25, 0.3) is 0 Å². The van der Waals surface area contributed by atoms with Gasteiger partial charge in [0.25, 0.3) is 0 Å². The number of ether oxygens (including phenoxy) is 2. The van der Waals surface area contributed by atoms with Gasteiger partial charge in [-0.05, 0) is 85.9 Å². The van der Waals surface area contributed by atoms with E-state index in [1.165, 1.54) is 18.9 Å². The molecule has 1 N–H and O–H groups in total. The average Bonchev–Trinajstić information content (AvgIpc) is 3.27. The molecule has 0 radical (unpaired) electrons. The number of fused-ring (bicyclic) bond motifs is 2. The molecular weight excluding hydrogens is 471 g/mol. The van der Waals surface area contributed by atoms with E-state index in [-0.39, 0.29) is 18.4 Å². The number of aliphatic carboxylic acids is 1. The Labute approximate surface area is 208 Å². The standard InChI is InChI=1S/C28H30F3NO4/c29-28(30,31)23-5-3-21-20(22(23)15-32-11-9-27(7-8-27)10-12-32)4-6-24(21)36-18-1-2-19-17(13-26(33)34)16-35-25(19)14-18/h1-3,5,14,17,24H,4,6-13,15-16H2,(H,33,34)/t17-,24-/m1/s1. The number of alkyl halides is 3. The molecule has 2 atom stereocenters. The molecule has 1 saturated carbocycles. The van der Waals surface area contributed by atoms with Crippen molar-refractivity contribution in [3.63, 3.8) is 0 Å². The van der Waals surface area contributed by atoms with Gasteiger partial charge >= 0.3 is 12.1 Å². The van der Waals surface area contributed by atoms with Gasteiger partial charge in [-0.25, -0.2) is 0 Å². The minimum absolute atomic E-state index is 0.00548. The van der Waals surface area contributed by atoms with Crippen LogP contribution in [0.2, 0.25) is 0 Å². The van der Waals surface area contributed by atoms with Crippen molar-refractivity contribution in [3.8, 4) is 11.5 Å². The minimum Gasteiger partial charge on any atom is -0.492 e. The number of piperidine rings is 1. The second-order valence-electron chi connectivity index (χ2n) is 10.9. The number of likely N-dealkylation sites (tertiary alicyclic amines) is 1. The van der Waals surface area contributed by atoms with Crippen molar-refractivity contribution in [2.45, 2.75) is 69.7 Å². The molecule has 5 nitrogen and oxygen atoms in total. The quantitative estimate of drug-likeness (QED) is 0.519. The lowest BCUT2D eigenvalue weighted by Crippen LogP contribution is -2.35. The van der Waals surface area contributed by atoms with Crippen molar-refractivity contribution < 1.29 is 32.5 Å². The Balaban J connectivity index is 1.23. The van der Waals surface area contributed by atoms with Crippen molar-refractivity contribution in [1.82, 2.24) is 4.90 Å². The summed E-state index contributed by atoms with van der Waals surface area (Å²) in [5.74, 6) is 0.134. The molecule has 2 heterocycles. The third-order valence-corrected chi connectivity index (χ3v) is 8.60. The first kappa shape index (κ1) is 23.6. The second-order valence-corrected chi connectivity index (χ2v) is 10.9. The predicted octanol–water partition coefficient (Wildman–Crippen LogP) is 6.10. The van der Waals surface area contributed by atoms with E-state index in [1.54, 1.807) is 18.2 Å². The Morgan fingerprint density at radius 1 is 1.11 bits per heavy atom. The Bertz CT molecular complexity index is 1180. The van der Waals surface area contributed by atoms with Gasteiger partial charge in [-0.1, -0.05) is 12.1 Å². The molecule has 0 amide bonds. The molecule has 4 aliphatic rings. The van der Waals surface area contributed by atoms with Crippen molar-refractivity contribution in [3.05, 3.63) is 58.1 Å². The Hall–Kier alpha value is -2.74. The van der Waals surface area contributed by atoms with Crippen LogP contribution in [-0.2, 0) is 23.9 Å². The Kier molecular flexibility index (Phi) is 5.70. The zero-order valence-corrected chi connectivity index (χ0v) is 20.1. The first-order valence-corrected chi connectivity index (χ1v) is 12.8. The SMILES string of the molecule is O=C(O)C[C@@H]1COc2cc(O[C@@H]3CCc4c3ccc(C(F)(F)F)c4CN3CCC4(CC3)CC4)ccc21. The molecule has 1 spiro atoms. The summed E-state index contributed by atoms with van der Waals surface area (Å²) in [5, 5.41) is 9.10. The first-order valence-electron chi connectivity index (χ1n) is 12.8. The molecule has 8 heteroatoms. The minimum atomic E-state index is -4.39. The average molecular weight is 502 g/mol. The second kappa shape index (κ2) is 8.68. The summed E-state index contributed by atoms with van der Waals surface area (Å²) in [5.41, 5.74) is 2.83. The number of halogens is 3. The van der Waals surface area contributed by atoms with E-state index in [1.807, 2.05) is 6.07 Å². The topological polar surface area (TPSA) is 59.0 Å². The number of hydrogen-bond acceptors (Lipinski definition) is 4. The van der Waals surface area contributed by atoms with Gasteiger partial charge in [0, 0.05) is 24.1 Å². The Morgan fingerprint density at radius 2 is 1.86 bits per heavy atom. The van der Waals surface area contributed by atoms with E-state index < -0.39 is 17.7 Å². The highest BCUT2D eigenvalue weighted by Crippen LogP contribution is 2.54. The highest BCUT2D eigenvalue weighted by Gasteiger charge is 2.45. The van der Waals surface area contributed by atoms with E-state index in [2.05, 4.69) is 4.90 Å². The molecule has 0 aromatic heterocycles. The maximum atomic E-state index is 14.0. The number of hydrogen-bond donors (Lipinski definition) is 1. The van der Waals surface area contributed by atoms with Crippen molar-refractivity contribution in [1.29, 1.82) is 0 Å². The van der Waals surface area contributed by atoms with Crippen molar-refractivity contribution in [2.75, 3.05) is 19.7 Å². The molecule has 0 bridgehead atoms. The molecule has 192 valence electrons. The van der Waals surface area contributed by atoms with Crippen LogP contribution >= 0.6 is 0 Å². The molecule has 2 aromatic carbocycles. The number of carboxylic acids is 1. The predicted molar refractivity (Wildman–Crippen MR) is 126 cm³/mol. The first-order chi connectivity index (χ1) is 17.2. The van der Waals surface area contributed by atoms with Gasteiger partial charge in [-0.3, -0.25) is 9.69 Å². The van der Waals surface area contributed by atoms with Gasteiger partial charge in [-0.15, -0.1) is 0 Å². The lowest BCUT2D eigenvalue weighted by atomic mass is 9.91. The summed E-state index contributed by atoms with van der Waals surface area (Å²) in [6.45, 7) is 2.37. The summed E-state index contributed by atoms with van der Waals surface area (Å²) in [6.07, 6.45) is 1.17. The third kappa shape index (κ3) is 4.44. The summed E-state index contributed by atoms with van der Waals surface area (Å²) in [4.78, 5) is 13.3. The van der Waals surface area contributed by atoms with Crippen LogP contribution in [0.1, 0.15) is 78.4 Å². The van der Waals surface area contributed by atoms with Crippen LogP contribution in [0.3, 0.4) is 0 Å². The number of carbonyl (C=O) groups is 1. The number of rotatable bonds is 6. The highest BCUT2D eigenvalue weighted by molar-refractivity contribution is 5.68. The fourth-order valence-corrected chi connectivity index (χ4v) is 6.27. The molecule has 36 heavy (non-hydrogen) atoms. The number of benzene rings is 2. The monoisotopic (exact) mass is 501 g/mol. The van der Waals surface area contributed by atoms with E-state index in [0.717, 1.165) is 42.6 Å². The van der Waals surface area contributed by atoms with E-state index in [4.69, 9.17) is 14.6 Å². The molecule has 1 saturated heterocycles. The maximum Gasteiger partial charge on any atom is 0.416 e. The lowest BCUT2D eigenvalue weighted by molar-refractivity contribution is -0.139. The normalized spacial score (nSPS) is 24.3. The lowest BCUT2D eigenvalue weighted by Gasteiger charge is -2.33. The smallest absolute Gasteiger partial charge is 0.416 e. The van der Waals surface area contributed by atoms with E-state index in [9.17, 15) is 18.0 Å². The molecule has 2 fully saturated rings.